The largest absolute Gasteiger partial charge is 0.361 e. The molecule has 1 aromatic carbocycles. The van der Waals surface area contributed by atoms with Crippen molar-refractivity contribution in [2.45, 2.75) is 84.0 Å². The van der Waals surface area contributed by atoms with Gasteiger partial charge in [-0.05, 0) is 44.2 Å². The number of fused-ring (bicyclic) bond motifs is 4. The lowest BCUT2D eigenvalue weighted by Gasteiger charge is -2.26. The van der Waals surface area contributed by atoms with Gasteiger partial charge < -0.3 is 14.2 Å². The fourth-order valence-corrected chi connectivity index (χ4v) is 8.51. The SMILES string of the molecule is CC[C@@H]1C[C@@H]2CC[C@H]1N2c1nc2c(c(-c3ccc4nc(C)sc4c3Cl)cn2COCC[Si](C)(C)C)c(=O)n1C. The molecule has 2 saturated heterocycles. The summed E-state index contributed by atoms with van der Waals surface area (Å²) in [5, 5.41) is 2.19. The summed E-state index contributed by atoms with van der Waals surface area (Å²) in [6.45, 7) is 12.4. The van der Waals surface area contributed by atoms with Crippen LogP contribution in [0, 0.1) is 12.8 Å². The molecular weight excluding hydrogens is 546 g/mol. The van der Waals surface area contributed by atoms with Gasteiger partial charge in [0.25, 0.3) is 5.56 Å². The van der Waals surface area contributed by atoms with Crippen molar-refractivity contribution in [1.29, 1.82) is 0 Å². The van der Waals surface area contributed by atoms with E-state index in [1.165, 1.54) is 19.3 Å². The summed E-state index contributed by atoms with van der Waals surface area (Å²) in [7, 11) is 0.645. The smallest absolute Gasteiger partial charge is 0.264 e. The van der Waals surface area contributed by atoms with E-state index in [-0.39, 0.29) is 5.56 Å². The van der Waals surface area contributed by atoms with Gasteiger partial charge in [-0.3, -0.25) is 9.36 Å². The van der Waals surface area contributed by atoms with Crippen LogP contribution in [0.4, 0.5) is 5.95 Å². The van der Waals surface area contributed by atoms with E-state index in [2.05, 4.69) is 36.4 Å². The summed E-state index contributed by atoms with van der Waals surface area (Å²) in [5.41, 5.74) is 3.15. The average Bonchev–Trinajstić information content (AvgIpc) is 3.64. The number of rotatable bonds is 8. The molecule has 39 heavy (non-hydrogen) atoms. The number of aromatic nitrogens is 4. The first-order valence-electron chi connectivity index (χ1n) is 14.1. The zero-order chi connectivity index (χ0) is 27.6. The van der Waals surface area contributed by atoms with E-state index in [1.54, 1.807) is 15.9 Å². The molecule has 3 atom stereocenters. The maximum Gasteiger partial charge on any atom is 0.264 e. The van der Waals surface area contributed by atoms with E-state index >= 15 is 0 Å². The van der Waals surface area contributed by atoms with Crippen molar-refractivity contribution < 1.29 is 4.74 Å². The summed E-state index contributed by atoms with van der Waals surface area (Å²) in [4.78, 5) is 26.4. The highest BCUT2D eigenvalue weighted by molar-refractivity contribution is 7.19. The van der Waals surface area contributed by atoms with Crippen LogP contribution in [0.2, 0.25) is 30.7 Å². The number of hydrogen-bond acceptors (Lipinski definition) is 6. The van der Waals surface area contributed by atoms with Crippen LogP contribution in [0.3, 0.4) is 0 Å². The molecule has 0 N–H and O–H groups in total. The van der Waals surface area contributed by atoms with E-state index in [0.717, 1.165) is 44.8 Å². The van der Waals surface area contributed by atoms with Gasteiger partial charge in [0.1, 0.15) is 6.73 Å². The number of halogens is 1. The average molecular weight is 584 g/mol. The van der Waals surface area contributed by atoms with Crippen LogP contribution >= 0.6 is 22.9 Å². The van der Waals surface area contributed by atoms with Crippen molar-refractivity contribution in [3.05, 3.63) is 38.7 Å². The molecule has 2 bridgehead atoms. The zero-order valence-corrected chi connectivity index (χ0v) is 26.3. The van der Waals surface area contributed by atoms with Gasteiger partial charge in [-0.15, -0.1) is 11.3 Å². The van der Waals surface area contributed by atoms with Crippen LogP contribution in [0.1, 0.15) is 37.6 Å². The molecule has 7 nitrogen and oxygen atoms in total. The van der Waals surface area contributed by atoms with Gasteiger partial charge in [0.05, 0.1) is 25.6 Å². The Balaban J connectivity index is 1.49. The minimum atomic E-state index is -1.22. The van der Waals surface area contributed by atoms with Gasteiger partial charge in [-0.25, -0.2) is 4.98 Å². The minimum absolute atomic E-state index is 0.0400. The maximum atomic E-state index is 14.1. The molecule has 2 fully saturated rings. The molecule has 6 rings (SSSR count). The monoisotopic (exact) mass is 583 g/mol. The molecule has 0 saturated carbocycles. The van der Waals surface area contributed by atoms with Gasteiger partial charge in [0.15, 0.2) is 5.65 Å². The van der Waals surface area contributed by atoms with Crippen molar-refractivity contribution in [1.82, 2.24) is 19.1 Å². The first-order valence-corrected chi connectivity index (χ1v) is 19.0. The van der Waals surface area contributed by atoms with E-state index in [4.69, 9.17) is 21.3 Å². The highest BCUT2D eigenvalue weighted by Gasteiger charge is 2.47. The Morgan fingerprint density at radius 1 is 1.18 bits per heavy atom. The minimum Gasteiger partial charge on any atom is -0.361 e. The Morgan fingerprint density at radius 2 is 1.97 bits per heavy atom. The summed E-state index contributed by atoms with van der Waals surface area (Å²) < 4.78 is 10.9. The number of benzene rings is 1. The van der Waals surface area contributed by atoms with Gasteiger partial charge in [-0.2, -0.15) is 4.98 Å². The third-order valence-corrected chi connectivity index (χ3v) is 11.8. The lowest BCUT2D eigenvalue weighted by Crippen LogP contribution is -2.36. The van der Waals surface area contributed by atoms with E-state index in [0.29, 0.717) is 47.4 Å². The molecule has 5 heterocycles. The molecule has 2 aliphatic rings. The number of anilines is 1. The van der Waals surface area contributed by atoms with Crippen molar-refractivity contribution >= 4 is 58.2 Å². The van der Waals surface area contributed by atoms with E-state index in [1.807, 2.05) is 36.9 Å². The predicted octanol–water partition coefficient (Wildman–Crippen LogP) is 7.05. The normalized spacial score (nSPS) is 21.2. The Bertz CT molecular complexity index is 1620. The fourth-order valence-electron chi connectivity index (χ4n) is 6.52. The molecule has 0 aliphatic carbocycles. The standard InChI is InChI=1S/C29H38ClN5O2SSi/c1-7-18-14-19-8-11-23(18)35(19)29-32-27-24(28(36)33(29)3)21(15-34(27)16-37-12-13-39(4,5)6)20-9-10-22-26(25(20)30)38-17(2)31-22/h9-10,15,18-19,23H,7-8,11-14,16H2,1-6H3/t18-,19+,23-/m1/s1. The summed E-state index contributed by atoms with van der Waals surface area (Å²) in [6.07, 6.45) is 6.70. The highest BCUT2D eigenvalue weighted by atomic mass is 35.5. The fraction of sp³-hybridized carbons (Fsp3) is 0.552. The Hall–Kier alpha value is -2.20. The molecule has 0 amide bonds. The Kier molecular flexibility index (Phi) is 6.93. The van der Waals surface area contributed by atoms with Crippen molar-refractivity contribution in [3.8, 4) is 11.1 Å². The highest BCUT2D eigenvalue weighted by Crippen LogP contribution is 2.45. The summed E-state index contributed by atoms with van der Waals surface area (Å²) in [5.74, 6) is 1.44. The van der Waals surface area contributed by atoms with Gasteiger partial charge in [0, 0.05) is 51.1 Å². The molecular formula is C29H38ClN5O2SSi. The molecule has 208 valence electrons. The Labute approximate surface area is 239 Å². The molecule has 4 aromatic rings. The predicted molar refractivity (Wildman–Crippen MR) is 165 cm³/mol. The summed E-state index contributed by atoms with van der Waals surface area (Å²) >= 11 is 8.56. The number of hydrogen-bond donors (Lipinski definition) is 0. The second-order valence-electron chi connectivity index (χ2n) is 12.5. The van der Waals surface area contributed by atoms with E-state index in [9.17, 15) is 4.79 Å². The topological polar surface area (TPSA) is 65.2 Å². The number of aryl methyl sites for hydroxylation is 1. The number of thiazole rings is 1. The second-order valence-corrected chi connectivity index (χ2v) is 19.7. The van der Waals surface area contributed by atoms with Crippen LogP contribution in [-0.4, -0.2) is 45.9 Å². The quantitative estimate of drug-likeness (QED) is 0.164. The molecule has 2 aliphatic heterocycles. The summed E-state index contributed by atoms with van der Waals surface area (Å²) in [6, 6.07) is 5.97. The Morgan fingerprint density at radius 3 is 2.69 bits per heavy atom. The van der Waals surface area contributed by atoms with Crippen molar-refractivity contribution in [2.24, 2.45) is 13.0 Å². The number of ether oxygens (including phenoxy) is 1. The number of nitrogens with zero attached hydrogens (tertiary/aromatic N) is 5. The third-order valence-electron chi connectivity index (χ3n) is 8.62. The van der Waals surface area contributed by atoms with Crippen LogP contribution in [-0.2, 0) is 18.5 Å². The van der Waals surface area contributed by atoms with Crippen LogP contribution in [0.25, 0.3) is 32.4 Å². The van der Waals surface area contributed by atoms with Crippen molar-refractivity contribution in [2.75, 3.05) is 11.5 Å². The molecule has 0 spiro atoms. The van der Waals surface area contributed by atoms with Gasteiger partial charge >= 0.3 is 0 Å². The van der Waals surface area contributed by atoms with Crippen LogP contribution in [0.5, 0.6) is 0 Å². The zero-order valence-electron chi connectivity index (χ0n) is 23.8. The van der Waals surface area contributed by atoms with Crippen molar-refractivity contribution in [3.63, 3.8) is 0 Å². The molecule has 0 unspecified atom stereocenters. The first-order chi connectivity index (χ1) is 18.6. The maximum absolute atomic E-state index is 14.1. The molecule has 10 heteroatoms. The third kappa shape index (κ3) is 4.65. The second kappa shape index (κ2) is 10.0. The lowest BCUT2D eigenvalue weighted by atomic mass is 9.87. The molecule has 3 aromatic heterocycles. The van der Waals surface area contributed by atoms with Crippen LogP contribution in [0.15, 0.2) is 23.1 Å². The van der Waals surface area contributed by atoms with Gasteiger partial charge in [-0.1, -0.05) is 50.7 Å². The lowest BCUT2D eigenvalue weighted by molar-refractivity contribution is 0.0899. The molecule has 0 radical (unpaired) electrons. The first kappa shape index (κ1) is 27.0. The van der Waals surface area contributed by atoms with Crippen LogP contribution < -0.4 is 10.5 Å². The van der Waals surface area contributed by atoms with E-state index < -0.39 is 8.07 Å². The van der Waals surface area contributed by atoms with Gasteiger partial charge in [0.2, 0.25) is 5.95 Å².